The zero-order chi connectivity index (χ0) is 13.3. The van der Waals surface area contributed by atoms with Crippen molar-refractivity contribution >= 4 is 10.0 Å². The molecule has 1 aliphatic rings. The lowest BCUT2D eigenvalue weighted by atomic mass is 10.4. The van der Waals surface area contributed by atoms with Gasteiger partial charge in [-0.1, -0.05) is 25.2 Å². The summed E-state index contributed by atoms with van der Waals surface area (Å²) in [5, 5.41) is 0. The number of rotatable bonds is 6. The Bertz CT molecular complexity index is 378. The Balaban J connectivity index is 2.16. The van der Waals surface area contributed by atoms with Crippen LogP contribution in [0.2, 0.25) is 0 Å². The summed E-state index contributed by atoms with van der Waals surface area (Å²) >= 11 is 0. The van der Waals surface area contributed by atoms with E-state index in [0.29, 0.717) is 13.0 Å². The number of nitrogens with one attached hydrogen (secondary N) is 1. The lowest BCUT2D eigenvalue weighted by Crippen LogP contribution is -2.36. The lowest BCUT2D eigenvalue weighted by molar-refractivity contribution is 0.0443. The third-order valence-electron chi connectivity index (χ3n) is 2.68. The van der Waals surface area contributed by atoms with Crippen LogP contribution in [-0.4, -0.2) is 58.5 Å². The van der Waals surface area contributed by atoms with E-state index in [9.17, 15) is 8.42 Å². The van der Waals surface area contributed by atoms with Crippen LogP contribution >= 0.6 is 0 Å². The Hall–Kier alpha value is -0.610. The molecule has 1 fully saturated rings. The first-order valence-corrected chi connectivity index (χ1v) is 8.02. The Labute approximate surface area is 110 Å². The highest BCUT2D eigenvalue weighted by atomic mass is 32.2. The van der Waals surface area contributed by atoms with E-state index in [1.165, 1.54) is 0 Å². The maximum Gasteiger partial charge on any atom is 0.212 e. The van der Waals surface area contributed by atoms with Crippen molar-refractivity contribution in [1.82, 2.24) is 9.62 Å². The zero-order valence-corrected chi connectivity index (χ0v) is 11.8. The van der Waals surface area contributed by atoms with Gasteiger partial charge in [0.15, 0.2) is 0 Å². The normalized spacial score (nSPS) is 17.2. The average Bonchev–Trinajstić information content (AvgIpc) is 2.37. The molecule has 104 valence electrons. The zero-order valence-electron chi connectivity index (χ0n) is 10.9. The van der Waals surface area contributed by atoms with Crippen molar-refractivity contribution in [3.63, 3.8) is 0 Å². The van der Waals surface area contributed by atoms with Crippen LogP contribution in [0.15, 0.2) is 0 Å². The molecule has 0 aromatic heterocycles. The number of sulfonamides is 1. The molecule has 0 saturated carbocycles. The lowest BCUT2D eigenvalue weighted by Gasteiger charge is -2.24. The van der Waals surface area contributed by atoms with E-state index >= 15 is 0 Å². The number of ether oxygens (including phenoxy) is 1. The first-order valence-electron chi connectivity index (χ1n) is 6.37. The van der Waals surface area contributed by atoms with Crippen LogP contribution in [0.25, 0.3) is 0 Å². The topological polar surface area (TPSA) is 58.6 Å². The standard InChI is InChI=1S/C12H22N2O3S/c1-2-3-12-18(15,16)13-6-4-5-7-14-8-10-17-11-9-14/h13H,2-3,6-12H2,1H3. The minimum Gasteiger partial charge on any atom is -0.379 e. The summed E-state index contributed by atoms with van der Waals surface area (Å²) in [6.07, 6.45) is 1.57. The van der Waals surface area contributed by atoms with Gasteiger partial charge in [-0.25, -0.2) is 13.1 Å². The molecule has 18 heavy (non-hydrogen) atoms. The second-order valence-electron chi connectivity index (χ2n) is 4.24. The van der Waals surface area contributed by atoms with Crippen molar-refractivity contribution in [1.29, 1.82) is 0 Å². The molecule has 1 N–H and O–H groups in total. The van der Waals surface area contributed by atoms with Gasteiger partial charge in [-0.05, 0) is 6.42 Å². The predicted octanol–water partition coefficient (Wildman–Crippen LogP) is 0.0415. The fourth-order valence-corrected chi connectivity index (χ4v) is 2.65. The van der Waals surface area contributed by atoms with Gasteiger partial charge < -0.3 is 4.74 Å². The van der Waals surface area contributed by atoms with Crippen LogP contribution in [-0.2, 0) is 14.8 Å². The van der Waals surface area contributed by atoms with Crippen LogP contribution < -0.4 is 4.72 Å². The number of morpholine rings is 1. The summed E-state index contributed by atoms with van der Waals surface area (Å²) in [4.78, 5) is 2.20. The highest BCUT2D eigenvalue weighted by Gasteiger charge is 2.08. The maximum absolute atomic E-state index is 11.4. The highest BCUT2D eigenvalue weighted by molar-refractivity contribution is 7.89. The third kappa shape index (κ3) is 6.97. The Kier molecular flexibility index (Phi) is 7.28. The van der Waals surface area contributed by atoms with Crippen LogP contribution in [0.1, 0.15) is 19.8 Å². The molecular formula is C12H22N2O3S. The molecule has 0 unspecified atom stereocenters. The molecule has 5 nitrogen and oxygen atoms in total. The van der Waals surface area contributed by atoms with Crippen molar-refractivity contribution in [3.05, 3.63) is 0 Å². The first-order chi connectivity index (χ1) is 8.64. The van der Waals surface area contributed by atoms with E-state index < -0.39 is 10.0 Å². The summed E-state index contributed by atoms with van der Waals surface area (Å²) in [7, 11) is -3.14. The van der Waals surface area contributed by atoms with E-state index in [1.807, 2.05) is 6.92 Å². The summed E-state index contributed by atoms with van der Waals surface area (Å²) in [5.74, 6) is 6.01. The van der Waals surface area contributed by atoms with Crippen LogP contribution in [0.3, 0.4) is 0 Å². The molecular weight excluding hydrogens is 252 g/mol. The maximum atomic E-state index is 11.4. The molecule has 0 bridgehead atoms. The SMILES string of the molecule is CCCCS(=O)(=O)NCC#CCN1CCOCC1. The summed E-state index contributed by atoms with van der Waals surface area (Å²) < 4.78 is 30.6. The number of hydrogen-bond donors (Lipinski definition) is 1. The molecule has 0 aliphatic carbocycles. The minimum atomic E-state index is -3.14. The molecule has 1 aliphatic heterocycles. The van der Waals surface area contributed by atoms with Crippen LogP contribution in [0, 0.1) is 11.8 Å². The van der Waals surface area contributed by atoms with Gasteiger partial charge >= 0.3 is 0 Å². The number of unbranched alkanes of at least 4 members (excludes halogenated alkanes) is 1. The van der Waals surface area contributed by atoms with E-state index in [4.69, 9.17) is 4.74 Å². The van der Waals surface area contributed by atoms with E-state index in [-0.39, 0.29) is 12.3 Å². The molecule has 1 saturated heterocycles. The van der Waals surface area contributed by atoms with E-state index in [0.717, 1.165) is 32.7 Å². The number of hydrogen-bond acceptors (Lipinski definition) is 4. The van der Waals surface area contributed by atoms with Gasteiger partial charge in [0, 0.05) is 13.1 Å². The van der Waals surface area contributed by atoms with Crippen LogP contribution in [0.4, 0.5) is 0 Å². The average molecular weight is 274 g/mol. The molecule has 6 heteroatoms. The predicted molar refractivity (Wildman–Crippen MR) is 71.7 cm³/mol. The van der Waals surface area contributed by atoms with Crippen molar-refractivity contribution in [2.24, 2.45) is 0 Å². The minimum absolute atomic E-state index is 0.189. The van der Waals surface area contributed by atoms with Crippen molar-refractivity contribution < 1.29 is 13.2 Å². The number of nitrogens with zero attached hydrogens (tertiary/aromatic N) is 1. The molecule has 1 rings (SSSR count). The summed E-state index contributed by atoms with van der Waals surface area (Å²) in [6.45, 7) is 6.17. The molecule has 0 atom stereocenters. The van der Waals surface area contributed by atoms with E-state index in [1.54, 1.807) is 0 Å². The van der Waals surface area contributed by atoms with Crippen molar-refractivity contribution in [2.45, 2.75) is 19.8 Å². The first kappa shape index (κ1) is 15.4. The van der Waals surface area contributed by atoms with Crippen LogP contribution in [0.5, 0.6) is 0 Å². The smallest absolute Gasteiger partial charge is 0.212 e. The van der Waals surface area contributed by atoms with Gasteiger partial charge in [-0.3, -0.25) is 4.90 Å². The van der Waals surface area contributed by atoms with Crippen molar-refractivity contribution in [2.75, 3.05) is 45.1 Å². The second-order valence-corrected chi connectivity index (χ2v) is 6.16. The quantitative estimate of drug-likeness (QED) is 0.695. The summed E-state index contributed by atoms with van der Waals surface area (Å²) in [6, 6.07) is 0. The van der Waals surface area contributed by atoms with Gasteiger partial charge in [-0.2, -0.15) is 0 Å². The molecule has 0 spiro atoms. The monoisotopic (exact) mass is 274 g/mol. The highest BCUT2D eigenvalue weighted by Crippen LogP contribution is 1.94. The van der Waals surface area contributed by atoms with Gasteiger partial charge in [0.2, 0.25) is 10.0 Å². The largest absolute Gasteiger partial charge is 0.379 e. The fraction of sp³-hybridized carbons (Fsp3) is 0.833. The second kappa shape index (κ2) is 8.48. The third-order valence-corrected chi connectivity index (χ3v) is 4.09. The molecule has 1 heterocycles. The Morgan fingerprint density at radius 2 is 2.00 bits per heavy atom. The van der Waals surface area contributed by atoms with Crippen molar-refractivity contribution in [3.8, 4) is 11.8 Å². The Morgan fingerprint density at radius 3 is 2.67 bits per heavy atom. The summed E-state index contributed by atoms with van der Waals surface area (Å²) in [5.41, 5.74) is 0. The molecule has 0 aromatic carbocycles. The Morgan fingerprint density at radius 1 is 1.28 bits per heavy atom. The molecule has 0 radical (unpaired) electrons. The molecule has 0 aromatic rings. The van der Waals surface area contributed by atoms with E-state index in [2.05, 4.69) is 21.5 Å². The van der Waals surface area contributed by atoms with Gasteiger partial charge in [0.1, 0.15) is 0 Å². The molecule has 0 amide bonds. The van der Waals surface area contributed by atoms with Gasteiger partial charge in [-0.15, -0.1) is 0 Å². The van der Waals surface area contributed by atoms with Gasteiger partial charge in [0.25, 0.3) is 0 Å². The fourth-order valence-electron chi connectivity index (χ4n) is 1.54. The van der Waals surface area contributed by atoms with Gasteiger partial charge in [0.05, 0.1) is 32.1 Å².